The molecule has 8 heteroatoms. The summed E-state index contributed by atoms with van der Waals surface area (Å²) in [5.41, 5.74) is 0. The summed E-state index contributed by atoms with van der Waals surface area (Å²) in [6.07, 6.45) is 6.50. The third kappa shape index (κ3) is 2.66. The fourth-order valence-electron chi connectivity index (χ4n) is 4.14. The minimum Gasteiger partial charge on any atom is -0.267 e. The minimum atomic E-state index is -3.56. The molecule has 3 rings (SSSR count). The summed E-state index contributed by atoms with van der Waals surface area (Å²) in [5.74, 6) is 0.604. The Morgan fingerprint density at radius 3 is 1.55 bits per heavy atom. The monoisotopic (exact) mass is 322 g/mol. The Kier molecular flexibility index (Phi) is 3.28. The third-order valence-electron chi connectivity index (χ3n) is 4.50. The molecule has 20 heavy (non-hydrogen) atoms. The molecule has 114 valence electrons. The maximum absolute atomic E-state index is 11.4. The lowest BCUT2D eigenvalue weighted by atomic mass is 9.91. The molecular formula is C12H18O6S2. The number of hydrogen-bond donors (Lipinski definition) is 0. The molecular weight excluding hydrogens is 304 g/mol. The van der Waals surface area contributed by atoms with E-state index in [1.807, 2.05) is 0 Å². The molecule has 2 fully saturated rings. The van der Waals surface area contributed by atoms with E-state index in [0.717, 1.165) is 12.5 Å². The summed E-state index contributed by atoms with van der Waals surface area (Å²) < 4.78 is 55.8. The Hall–Kier alpha value is -0.440. The molecule has 0 aromatic heterocycles. The van der Waals surface area contributed by atoms with Crippen LogP contribution in [0.1, 0.15) is 12.8 Å². The highest BCUT2D eigenvalue weighted by molar-refractivity contribution is 7.86. The zero-order chi connectivity index (χ0) is 14.7. The van der Waals surface area contributed by atoms with Gasteiger partial charge in [-0.3, -0.25) is 8.37 Å². The first-order valence-electron chi connectivity index (χ1n) is 6.59. The van der Waals surface area contributed by atoms with E-state index in [0.29, 0.717) is 12.8 Å². The molecule has 3 aliphatic rings. The smallest absolute Gasteiger partial charge is 0.264 e. The van der Waals surface area contributed by atoms with Crippen LogP contribution in [-0.4, -0.2) is 41.6 Å². The van der Waals surface area contributed by atoms with E-state index in [4.69, 9.17) is 8.37 Å². The zero-order valence-corrected chi connectivity index (χ0v) is 12.9. The minimum absolute atomic E-state index is 0.176. The van der Waals surface area contributed by atoms with E-state index in [1.165, 1.54) is 0 Å². The van der Waals surface area contributed by atoms with Crippen LogP contribution in [0.2, 0.25) is 0 Å². The van der Waals surface area contributed by atoms with Crippen LogP contribution in [0.4, 0.5) is 0 Å². The lowest BCUT2D eigenvalue weighted by Gasteiger charge is -2.23. The van der Waals surface area contributed by atoms with E-state index >= 15 is 0 Å². The van der Waals surface area contributed by atoms with Gasteiger partial charge in [0.25, 0.3) is 20.2 Å². The molecule has 0 bridgehead atoms. The predicted molar refractivity (Wildman–Crippen MR) is 71.8 cm³/mol. The fourth-order valence-corrected chi connectivity index (χ4v) is 5.46. The Labute approximate surface area is 119 Å². The van der Waals surface area contributed by atoms with Crippen molar-refractivity contribution in [3.8, 4) is 0 Å². The molecule has 0 amide bonds. The first-order valence-corrected chi connectivity index (χ1v) is 10.2. The van der Waals surface area contributed by atoms with Crippen molar-refractivity contribution >= 4 is 20.2 Å². The highest BCUT2D eigenvalue weighted by Gasteiger charge is 2.58. The van der Waals surface area contributed by atoms with Crippen molar-refractivity contribution in [2.75, 3.05) is 12.5 Å². The largest absolute Gasteiger partial charge is 0.267 e. The van der Waals surface area contributed by atoms with Gasteiger partial charge in [-0.2, -0.15) is 16.8 Å². The van der Waals surface area contributed by atoms with Crippen molar-refractivity contribution < 1.29 is 25.2 Å². The normalized spacial score (nSPS) is 43.1. The summed E-state index contributed by atoms with van der Waals surface area (Å²) in [6, 6.07) is 0. The maximum atomic E-state index is 11.4. The molecule has 6 nitrogen and oxygen atoms in total. The maximum Gasteiger partial charge on any atom is 0.264 e. The Bertz CT molecular complexity index is 581. The van der Waals surface area contributed by atoms with Crippen LogP contribution in [0.25, 0.3) is 0 Å². The van der Waals surface area contributed by atoms with Crippen LogP contribution in [0.5, 0.6) is 0 Å². The van der Waals surface area contributed by atoms with Crippen molar-refractivity contribution in [1.82, 2.24) is 0 Å². The van der Waals surface area contributed by atoms with Crippen molar-refractivity contribution in [2.45, 2.75) is 25.0 Å². The van der Waals surface area contributed by atoms with Gasteiger partial charge in [-0.25, -0.2) is 0 Å². The van der Waals surface area contributed by atoms with Crippen LogP contribution in [0, 0.1) is 23.7 Å². The second-order valence-corrected chi connectivity index (χ2v) is 9.22. The second kappa shape index (κ2) is 4.53. The molecule has 0 aromatic rings. The Morgan fingerprint density at radius 2 is 1.20 bits per heavy atom. The molecule has 6 atom stereocenters. The summed E-state index contributed by atoms with van der Waals surface area (Å²) in [4.78, 5) is 0. The molecule has 0 N–H and O–H groups in total. The quantitative estimate of drug-likeness (QED) is 0.554. The van der Waals surface area contributed by atoms with Gasteiger partial charge in [0.1, 0.15) is 0 Å². The van der Waals surface area contributed by atoms with E-state index in [1.54, 1.807) is 0 Å². The molecule has 0 saturated heterocycles. The fraction of sp³-hybridized carbons (Fsp3) is 0.833. The molecule has 3 aliphatic carbocycles. The second-order valence-electron chi connectivity index (χ2n) is 6.02. The SMILES string of the molecule is CS(=O)(=O)O[C@@H]1C[C@H]2C=C[C@H]3C[C@@H](OS(C)(=O)=O)C1C23. The average Bonchev–Trinajstić information content (AvgIpc) is 2.81. The highest BCUT2D eigenvalue weighted by atomic mass is 32.2. The zero-order valence-electron chi connectivity index (χ0n) is 11.3. The number of allylic oxidation sites excluding steroid dienone is 2. The number of rotatable bonds is 4. The topological polar surface area (TPSA) is 86.7 Å². The van der Waals surface area contributed by atoms with Crippen LogP contribution >= 0.6 is 0 Å². The highest BCUT2D eigenvalue weighted by Crippen LogP contribution is 2.57. The molecule has 0 spiro atoms. The van der Waals surface area contributed by atoms with Gasteiger partial charge < -0.3 is 0 Å². The molecule has 0 heterocycles. The van der Waals surface area contributed by atoms with E-state index in [9.17, 15) is 16.8 Å². The van der Waals surface area contributed by atoms with Crippen molar-refractivity contribution in [3.05, 3.63) is 12.2 Å². The summed E-state index contributed by atoms with van der Waals surface area (Å²) in [6.45, 7) is 0. The Balaban J connectivity index is 1.87. The first kappa shape index (κ1) is 14.5. The van der Waals surface area contributed by atoms with E-state index < -0.39 is 32.4 Å². The summed E-state index contributed by atoms with van der Waals surface area (Å²) in [7, 11) is -7.12. The summed E-state index contributed by atoms with van der Waals surface area (Å²) in [5, 5.41) is 0. The van der Waals surface area contributed by atoms with Gasteiger partial charge in [0.2, 0.25) is 0 Å². The van der Waals surface area contributed by atoms with Crippen LogP contribution in [-0.2, 0) is 28.6 Å². The van der Waals surface area contributed by atoms with E-state index in [-0.39, 0.29) is 23.7 Å². The molecule has 0 radical (unpaired) electrons. The van der Waals surface area contributed by atoms with Gasteiger partial charge in [-0.15, -0.1) is 0 Å². The van der Waals surface area contributed by atoms with Gasteiger partial charge >= 0.3 is 0 Å². The standard InChI is InChI=1S/C12H18O6S2/c1-19(13,14)17-9-5-7-3-4-8-6-10(12(9)11(7)8)18-20(2,15)16/h3-4,7-12H,5-6H2,1-2H3/t7-,8+,9-,10-,11?,12?/m1/s1. The van der Waals surface area contributed by atoms with Crippen molar-refractivity contribution in [2.24, 2.45) is 23.7 Å². The van der Waals surface area contributed by atoms with Gasteiger partial charge in [-0.05, 0) is 30.6 Å². The molecule has 0 aromatic carbocycles. The van der Waals surface area contributed by atoms with Gasteiger partial charge in [0.05, 0.1) is 24.7 Å². The lowest BCUT2D eigenvalue weighted by Crippen LogP contribution is -2.33. The molecule has 0 aliphatic heterocycles. The van der Waals surface area contributed by atoms with Crippen LogP contribution < -0.4 is 0 Å². The molecule has 2 unspecified atom stereocenters. The van der Waals surface area contributed by atoms with Gasteiger partial charge in [-0.1, -0.05) is 12.2 Å². The van der Waals surface area contributed by atoms with Crippen LogP contribution in [0.15, 0.2) is 12.2 Å². The lowest BCUT2D eigenvalue weighted by molar-refractivity contribution is 0.0771. The first-order chi connectivity index (χ1) is 9.14. The molecule has 2 saturated carbocycles. The Morgan fingerprint density at radius 1 is 0.800 bits per heavy atom. The predicted octanol–water partition coefficient (Wildman–Crippen LogP) is 0.518. The van der Waals surface area contributed by atoms with Gasteiger partial charge in [0.15, 0.2) is 0 Å². The number of hydrogen-bond acceptors (Lipinski definition) is 6. The van der Waals surface area contributed by atoms with Crippen molar-refractivity contribution in [3.63, 3.8) is 0 Å². The summed E-state index contributed by atoms with van der Waals surface area (Å²) >= 11 is 0. The van der Waals surface area contributed by atoms with Crippen molar-refractivity contribution in [1.29, 1.82) is 0 Å². The third-order valence-corrected chi connectivity index (χ3v) is 5.70. The van der Waals surface area contributed by atoms with Crippen LogP contribution in [0.3, 0.4) is 0 Å². The average molecular weight is 322 g/mol. The van der Waals surface area contributed by atoms with Gasteiger partial charge in [0, 0.05) is 5.92 Å². The van der Waals surface area contributed by atoms with E-state index in [2.05, 4.69) is 12.2 Å².